The lowest BCUT2D eigenvalue weighted by Gasteiger charge is -2.32. The molecule has 3 aromatic rings. The van der Waals surface area contributed by atoms with Gasteiger partial charge in [0.15, 0.2) is 9.84 Å². The number of rotatable bonds is 4. The summed E-state index contributed by atoms with van der Waals surface area (Å²) in [6, 6.07) is 5.98. The number of nitrogens with zero attached hydrogens (tertiary/aromatic N) is 2. The number of piperidine rings is 1. The van der Waals surface area contributed by atoms with E-state index in [0.29, 0.717) is 11.4 Å². The van der Waals surface area contributed by atoms with E-state index < -0.39 is 9.84 Å². The largest absolute Gasteiger partial charge is 0.366 e. The van der Waals surface area contributed by atoms with Gasteiger partial charge in [0, 0.05) is 61.0 Å². The SMILES string of the molecule is Cn1cc2c3c(c[nH]c3c1=O)CN(CC1CCNCC1)c1ccc(CS(C)(=O)=O)cc1-2. The van der Waals surface area contributed by atoms with Crippen molar-refractivity contribution in [2.24, 2.45) is 13.0 Å². The Morgan fingerprint density at radius 1 is 1.16 bits per heavy atom. The third kappa shape index (κ3) is 3.78. The van der Waals surface area contributed by atoms with Crippen LogP contribution < -0.4 is 15.8 Å². The van der Waals surface area contributed by atoms with Gasteiger partial charge in [-0.1, -0.05) is 6.07 Å². The molecule has 0 spiro atoms. The number of hydrogen-bond acceptors (Lipinski definition) is 5. The third-order valence-electron chi connectivity index (χ3n) is 6.51. The van der Waals surface area contributed by atoms with E-state index in [1.165, 1.54) is 6.26 Å². The van der Waals surface area contributed by atoms with Crippen LogP contribution >= 0.6 is 0 Å². The first kappa shape index (κ1) is 20.3. The second-order valence-corrected chi connectivity index (χ2v) is 11.2. The number of nitrogens with one attached hydrogen (secondary N) is 2. The second-order valence-electron chi connectivity index (χ2n) is 9.02. The molecule has 7 nitrogen and oxygen atoms in total. The van der Waals surface area contributed by atoms with Crippen LogP contribution in [0, 0.1) is 5.92 Å². The van der Waals surface area contributed by atoms with E-state index in [0.717, 1.165) is 72.3 Å². The molecule has 0 atom stereocenters. The molecule has 2 N–H and O–H groups in total. The van der Waals surface area contributed by atoms with Crippen molar-refractivity contribution in [1.82, 2.24) is 14.9 Å². The summed E-state index contributed by atoms with van der Waals surface area (Å²) >= 11 is 0. The molecule has 164 valence electrons. The summed E-state index contributed by atoms with van der Waals surface area (Å²) in [6.45, 7) is 3.75. The van der Waals surface area contributed by atoms with Crippen molar-refractivity contribution < 1.29 is 8.42 Å². The van der Waals surface area contributed by atoms with Gasteiger partial charge in [-0.15, -0.1) is 0 Å². The number of sulfone groups is 1. The van der Waals surface area contributed by atoms with Gasteiger partial charge in [-0.05, 0) is 55.1 Å². The maximum Gasteiger partial charge on any atom is 0.274 e. The number of aromatic nitrogens is 2. The minimum Gasteiger partial charge on any atom is -0.366 e. The molecule has 0 unspecified atom stereocenters. The molecule has 31 heavy (non-hydrogen) atoms. The predicted molar refractivity (Wildman–Crippen MR) is 124 cm³/mol. The third-order valence-corrected chi connectivity index (χ3v) is 7.37. The summed E-state index contributed by atoms with van der Waals surface area (Å²) < 4.78 is 25.5. The lowest BCUT2D eigenvalue weighted by Crippen LogP contribution is -2.36. The highest BCUT2D eigenvalue weighted by molar-refractivity contribution is 7.89. The smallest absolute Gasteiger partial charge is 0.274 e. The highest BCUT2D eigenvalue weighted by Crippen LogP contribution is 2.41. The quantitative estimate of drug-likeness (QED) is 0.651. The van der Waals surface area contributed by atoms with E-state index in [1.807, 2.05) is 24.5 Å². The summed E-state index contributed by atoms with van der Waals surface area (Å²) in [7, 11) is -1.39. The molecule has 0 aliphatic carbocycles. The molecule has 0 saturated carbocycles. The van der Waals surface area contributed by atoms with Crippen LogP contribution in [-0.2, 0) is 29.2 Å². The van der Waals surface area contributed by atoms with Gasteiger partial charge in [-0.25, -0.2) is 8.42 Å². The molecule has 1 saturated heterocycles. The summed E-state index contributed by atoms with van der Waals surface area (Å²) in [5, 5.41) is 4.39. The molecule has 2 aromatic heterocycles. The average Bonchev–Trinajstić information content (AvgIpc) is 3.09. The fraction of sp³-hybridized carbons (Fsp3) is 0.435. The molecule has 2 aliphatic rings. The van der Waals surface area contributed by atoms with Crippen molar-refractivity contribution in [3.8, 4) is 11.1 Å². The van der Waals surface area contributed by atoms with Crippen molar-refractivity contribution in [3.63, 3.8) is 0 Å². The molecule has 0 bridgehead atoms. The van der Waals surface area contributed by atoms with Crippen LogP contribution in [0.1, 0.15) is 24.0 Å². The van der Waals surface area contributed by atoms with E-state index in [-0.39, 0.29) is 11.3 Å². The van der Waals surface area contributed by atoms with E-state index >= 15 is 0 Å². The monoisotopic (exact) mass is 440 g/mol. The van der Waals surface area contributed by atoms with Gasteiger partial charge in [-0.3, -0.25) is 4.79 Å². The Morgan fingerprint density at radius 3 is 2.68 bits per heavy atom. The Balaban J connectivity index is 1.70. The van der Waals surface area contributed by atoms with Gasteiger partial charge < -0.3 is 19.8 Å². The van der Waals surface area contributed by atoms with Gasteiger partial charge in [0.25, 0.3) is 5.56 Å². The first-order valence-corrected chi connectivity index (χ1v) is 12.8. The molecular weight excluding hydrogens is 412 g/mol. The van der Waals surface area contributed by atoms with Crippen molar-refractivity contribution in [1.29, 1.82) is 0 Å². The summed E-state index contributed by atoms with van der Waals surface area (Å²) in [5.41, 5.74) is 5.51. The zero-order chi connectivity index (χ0) is 21.8. The van der Waals surface area contributed by atoms with Gasteiger partial charge in [-0.2, -0.15) is 0 Å². The van der Waals surface area contributed by atoms with E-state index in [9.17, 15) is 13.2 Å². The standard InChI is InChI=1S/C23H28N4O3S/c1-26-13-19-18-9-16(14-31(2,29)30)3-4-20(18)27(11-15-5-7-24-8-6-15)12-17-10-25-22(21(17)19)23(26)28/h3-4,9-10,13,15,24-25H,5-8,11-12,14H2,1-2H3. The van der Waals surface area contributed by atoms with E-state index in [1.54, 1.807) is 11.6 Å². The van der Waals surface area contributed by atoms with Crippen molar-refractivity contribution in [2.75, 3.05) is 30.8 Å². The lowest BCUT2D eigenvalue weighted by atomic mass is 9.96. The Kier molecular flexibility index (Phi) is 4.94. The predicted octanol–water partition coefficient (Wildman–Crippen LogP) is 2.40. The molecule has 2 aliphatic heterocycles. The molecule has 5 rings (SSSR count). The van der Waals surface area contributed by atoms with Gasteiger partial charge in [0.2, 0.25) is 0 Å². The summed E-state index contributed by atoms with van der Waals surface area (Å²) in [4.78, 5) is 18.3. The van der Waals surface area contributed by atoms with Gasteiger partial charge >= 0.3 is 0 Å². The molecule has 1 fully saturated rings. The van der Waals surface area contributed by atoms with Crippen LogP contribution in [-0.4, -0.2) is 43.9 Å². The van der Waals surface area contributed by atoms with Crippen LogP contribution in [0.25, 0.3) is 22.0 Å². The number of aromatic amines is 1. The van der Waals surface area contributed by atoms with Crippen molar-refractivity contribution in [3.05, 3.63) is 52.1 Å². The lowest BCUT2D eigenvalue weighted by molar-refractivity contribution is 0.373. The highest BCUT2D eigenvalue weighted by Gasteiger charge is 2.27. The summed E-state index contributed by atoms with van der Waals surface area (Å²) in [5.74, 6) is 0.607. The molecular formula is C23H28N4O3S. The summed E-state index contributed by atoms with van der Waals surface area (Å²) in [6.07, 6.45) is 7.39. The molecule has 4 heterocycles. The number of pyridine rings is 1. The zero-order valence-corrected chi connectivity index (χ0v) is 18.8. The van der Waals surface area contributed by atoms with Crippen LogP contribution in [0.3, 0.4) is 0 Å². The normalized spacial score (nSPS) is 17.0. The van der Waals surface area contributed by atoms with Crippen molar-refractivity contribution in [2.45, 2.75) is 25.1 Å². The Hall–Kier alpha value is -2.58. The second kappa shape index (κ2) is 7.53. The van der Waals surface area contributed by atoms with Gasteiger partial charge in [0.05, 0.1) is 5.75 Å². The number of H-pyrrole nitrogens is 1. The molecule has 8 heteroatoms. The minimum absolute atomic E-state index is 0.00345. The fourth-order valence-electron chi connectivity index (χ4n) is 5.06. The number of aryl methyl sites for hydroxylation is 1. The Morgan fingerprint density at radius 2 is 1.94 bits per heavy atom. The topological polar surface area (TPSA) is 87.2 Å². The van der Waals surface area contributed by atoms with Crippen LogP contribution in [0.15, 0.2) is 35.4 Å². The highest BCUT2D eigenvalue weighted by atomic mass is 32.2. The number of benzene rings is 1. The fourth-order valence-corrected chi connectivity index (χ4v) is 5.84. The Bertz CT molecular complexity index is 1320. The minimum atomic E-state index is -3.15. The molecule has 0 amide bonds. The Labute approximate surface area is 182 Å². The maximum atomic E-state index is 12.7. The van der Waals surface area contributed by atoms with E-state index in [4.69, 9.17) is 0 Å². The maximum absolute atomic E-state index is 12.7. The van der Waals surface area contributed by atoms with Crippen molar-refractivity contribution >= 4 is 26.4 Å². The number of hydrogen-bond donors (Lipinski definition) is 2. The number of fused-ring (bicyclic) bond motifs is 2. The van der Waals surface area contributed by atoms with Crippen LogP contribution in [0.5, 0.6) is 0 Å². The molecule has 1 aromatic carbocycles. The van der Waals surface area contributed by atoms with Crippen LogP contribution in [0.2, 0.25) is 0 Å². The van der Waals surface area contributed by atoms with E-state index in [2.05, 4.69) is 21.3 Å². The number of anilines is 1. The first-order chi connectivity index (χ1) is 14.8. The average molecular weight is 441 g/mol. The van der Waals surface area contributed by atoms with Gasteiger partial charge in [0.1, 0.15) is 5.52 Å². The van der Waals surface area contributed by atoms with Crippen LogP contribution in [0.4, 0.5) is 5.69 Å². The zero-order valence-electron chi connectivity index (χ0n) is 17.9. The first-order valence-electron chi connectivity index (χ1n) is 10.8. The molecule has 0 radical (unpaired) electrons.